The topological polar surface area (TPSA) is 90.0 Å². The Morgan fingerprint density at radius 2 is 2.04 bits per heavy atom. The summed E-state index contributed by atoms with van der Waals surface area (Å²) in [5.41, 5.74) is 0. The summed E-state index contributed by atoms with van der Waals surface area (Å²) in [6.45, 7) is 2.41. The highest BCUT2D eigenvalue weighted by Gasteiger charge is 2.27. The summed E-state index contributed by atoms with van der Waals surface area (Å²) in [6.07, 6.45) is 1.86. The molecule has 0 spiro atoms. The average Bonchev–Trinajstić information content (AvgIpc) is 3.23. The summed E-state index contributed by atoms with van der Waals surface area (Å²) in [5, 5.41) is 0.537. The second kappa shape index (κ2) is 10.3. The van der Waals surface area contributed by atoms with Gasteiger partial charge in [0.1, 0.15) is 0 Å². The predicted octanol–water partition coefficient (Wildman–Crippen LogP) is 2.54. The molecule has 0 N–H and O–H groups in total. The van der Waals surface area contributed by atoms with E-state index in [0.29, 0.717) is 22.9 Å². The van der Waals surface area contributed by atoms with Gasteiger partial charge in [-0.3, -0.25) is 14.4 Å². The van der Waals surface area contributed by atoms with Gasteiger partial charge in [0.05, 0.1) is 41.9 Å². The number of thiophene rings is 1. The molecule has 146 valence electrons. The highest BCUT2D eigenvalue weighted by atomic mass is 32.2. The molecule has 1 aromatic rings. The average molecular weight is 412 g/mol. The zero-order valence-electron chi connectivity index (χ0n) is 15.2. The lowest BCUT2D eigenvalue weighted by Crippen LogP contribution is -2.27. The van der Waals surface area contributed by atoms with E-state index in [9.17, 15) is 19.2 Å². The summed E-state index contributed by atoms with van der Waals surface area (Å²) in [5.74, 6) is -0.855. The molecule has 7 nitrogen and oxygen atoms in total. The number of thioether (sulfide) groups is 1. The van der Waals surface area contributed by atoms with Crippen molar-refractivity contribution in [2.75, 3.05) is 26.0 Å². The summed E-state index contributed by atoms with van der Waals surface area (Å²) in [6, 6.07) is 3.63. The molecule has 1 aliphatic rings. The summed E-state index contributed by atoms with van der Waals surface area (Å²) < 4.78 is 9.69. The molecule has 0 aromatic carbocycles. The van der Waals surface area contributed by atoms with E-state index in [-0.39, 0.29) is 36.9 Å². The lowest BCUT2D eigenvalue weighted by molar-refractivity contribution is -0.143. The Labute approximate surface area is 165 Å². The molecule has 0 radical (unpaired) electrons. The maximum Gasteiger partial charge on any atom is 0.333 e. The minimum atomic E-state index is -0.519. The molecular formula is C18H21NO6S2. The number of nitrogens with zero attached hydrogens (tertiary/aromatic N) is 1. The number of aryl methyl sites for hydroxylation is 1. The van der Waals surface area contributed by atoms with Crippen molar-refractivity contribution >= 4 is 46.7 Å². The smallest absolute Gasteiger partial charge is 0.333 e. The highest BCUT2D eigenvalue weighted by Crippen LogP contribution is 2.28. The number of Topliss-reactive ketones (excluding diaryl/α,β-unsaturated/α-hetero) is 1. The second-order valence-corrected chi connectivity index (χ2v) is 8.03. The largest absolute Gasteiger partial charge is 0.466 e. The van der Waals surface area contributed by atoms with Crippen LogP contribution in [0.25, 0.3) is 0 Å². The molecule has 2 heterocycles. The molecule has 2 rings (SSSR count). The third-order valence-electron chi connectivity index (χ3n) is 3.71. The molecule has 0 aliphatic carbocycles. The first-order chi connectivity index (χ1) is 12.9. The number of carbonyl (C=O) groups is 4. The maximum absolute atomic E-state index is 12.0. The van der Waals surface area contributed by atoms with Crippen molar-refractivity contribution in [3.05, 3.63) is 33.0 Å². The fraction of sp³-hybridized carbons (Fsp3) is 0.444. The minimum absolute atomic E-state index is 0.0295. The van der Waals surface area contributed by atoms with Crippen LogP contribution >= 0.6 is 23.1 Å². The Balaban J connectivity index is 1.69. The number of ketones is 1. The van der Waals surface area contributed by atoms with Gasteiger partial charge in [-0.1, -0.05) is 11.8 Å². The molecule has 1 fully saturated rings. The molecule has 0 bridgehead atoms. The summed E-state index contributed by atoms with van der Waals surface area (Å²) in [7, 11) is 1.27. The van der Waals surface area contributed by atoms with Crippen LogP contribution in [-0.2, 0) is 23.9 Å². The Morgan fingerprint density at radius 3 is 2.70 bits per heavy atom. The van der Waals surface area contributed by atoms with E-state index in [0.717, 1.165) is 4.88 Å². The van der Waals surface area contributed by atoms with Gasteiger partial charge in [-0.15, -0.1) is 11.3 Å². The van der Waals surface area contributed by atoms with E-state index in [4.69, 9.17) is 4.74 Å². The van der Waals surface area contributed by atoms with Crippen molar-refractivity contribution in [2.24, 2.45) is 0 Å². The first-order valence-corrected chi connectivity index (χ1v) is 10.2. The number of rotatable bonds is 9. The van der Waals surface area contributed by atoms with Crippen LogP contribution in [0.4, 0.5) is 0 Å². The van der Waals surface area contributed by atoms with E-state index in [1.54, 1.807) is 6.07 Å². The van der Waals surface area contributed by atoms with E-state index in [2.05, 4.69) is 4.74 Å². The lowest BCUT2D eigenvalue weighted by atomic mass is 10.2. The number of ether oxygens (including phenoxy) is 2. The van der Waals surface area contributed by atoms with Gasteiger partial charge in [0.15, 0.2) is 5.78 Å². The van der Waals surface area contributed by atoms with E-state index < -0.39 is 11.9 Å². The Hall–Kier alpha value is -2.13. The van der Waals surface area contributed by atoms with Crippen LogP contribution in [0.1, 0.15) is 33.8 Å². The number of carbonyl (C=O) groups excluding carboxylic acids is 4. The fourth-order valence-corrected chi connectivity index (χ4v) is 4.12. The molecule has 1 aromatic heterocycles. The molecule has 9 heteroatoms. The Kier molecular flexibility index (Phi) is 8.05. The van der Waals surface area contributed by atoms with Gasteiger partial charge in [-0.05, 0) is 25.5 Å². The zero-order chi connectivity index (χ0) is 19.8. The van der Waals surface area contributed by atoms with Crippen LogP contribution in [0.2, 0.25) is 0 Å². The third kappa shape index (κ3) is 6.51. The van der Waals surface area contributed by atoms with Gasteiger partial charge >= 0.3 is 11.9 Å². The van der Waals surface area contributed by atoms with Crippen LogP contribution < -0.4 is 0 Å². The molecule has 1 saturated heterocycles. The molecule has 0 saturated carbocycles. The molecule has 1 aliphatic heterocycles. The fourth-order valence-electron chi connectivity index (χ4n) is 2.33. The molecule has 0 atom stereocenters. The summed E-state index contributed by atoms with van der Waals surface area (Å²) in [4.78, 5) is 50.1. The quantitative estimate of drug-likeness (QED) is 0.267. The number of amides is 1. The SMILES string of the molecule is COC(=O)/C=C1/SCC(=O)N1CCCOC(=O)CCC(=O)c1ccc(C)s1. The monoisotopic (exact) mass is 411 g/mol. The van der Waals surface area contributed by atoms with Crippen molar-refractivity contribution in [3.63, 3.8) is 0 Å². The second-order valence-electron chi connectivity index (χ2n) is 5.75. The van der Waals surface area contributed by atoms with E-state index >= 15 is 0 Å². The number of hydrogen-bond acceptors (Lipinski definition) is 8. The van der Waals surface area contributed by atoms with Crippen molar-refractivity contribution in [3.8, 4) is 0 Å². The Bertz CT molecular complexity index is 755. The van der Waals surface area contributed by atoms with Crippen LogP contribution in [0, 0.1) is 6.92 Å². The van der Waals surface area contributed by atoms with Crippen molar-refractivity contribution in [1.82, 2.24) is 4.90 Å². The van der Waals surface area contributed by atoms with E-state index in [1.165, 1.54) is 41.2 Å². The molecule has 0 unspecified atom stereocenters. The van der Waals surface area contributed by atoms with Gasteiger partial charge in [-0.25, -0.2) is 4.79 Å². The number of hydrogen-bond donors (Lipinski definition) is 0. The van der Waals surface area contributed by atoms with Crippen molar-refractivity contribution in [2.45, 2.75) is 26.2 Å². The van der Waals surface area contributed by atoms with Crippen LogP contribution in [-0.4, -0.2) is 54.5 Å². The number of esters is 2. The van der Waals surface area contributed by atoms with Crippen LogP contribution in [0.15, 0.2) is 23.2 Å². The number of methoxy groups -OCH3 is 1. The third-order valence-corrected chi connectivity index (χ3v) is 5.78. The van der Waals surface area contributed by atoms with Crippen LogP contribution in [0.3, 0.4) is 0 Å². The maximum atomic E-state index is 12.0. The molecular weight excluding hydrogens is 390 g/mol. The van der Waals surface area contributed by atoms with Gasteiger partial charge in [-0.2, -0.15) is 0 Å². The minimum Gasteiger partial charge on any atom is -0.466 e. The van der Waals surface area contributed by atoms with Crippen LogP contribution in [0.5, 0.6) is 0 Å². The van der Waals surface area contributed by atoms with Gasteiger partial charge < -0.3 is 14.4 Å². The zero-order valence-corrected chi connectivity index (χ0v) is 16.8. The normalized spacial score (nSPS) is 15.3. The first-order valence-electron chi connectivity index (χ1n) is 8.38. The standard InChI is InChI=1S/C18H21NO6S2/c1-12-4-6-14(27-12)13(20)5-7-17(22)25-9-3-8-19-15(21)11-26-16(19)10-18(23)24-2/h4,6,10H,3,5,7-9,11H2,1-2H3/b16-10+. The molecule has 27 heavy (non-hydrogen) atoms. The van der Waals surface area contributed by atoms with Crippen molar-refractivity contribution < 1.29 is 28.7 Å². The van der Waals surface area contributed by atoms with Crippen molar-refractivity contribution in [1.29, 1.82) is 0 Å². The van der Waals surface area contributed by atoms with E-state index in [1.807, 2.05) is 13.0 Å². The van der Waals surface area contributed by atoms with Gasteiger partial charge in [0.25, 0.3) is 0 Å². The molecule has 1 amide bonds. The highest BCUT2D eigenvalue weighted by molar-refractivity contribution is 8.04. The lowest BCUT2D eigenvalue weighted by Gasteiger charge is -2.16. The van der Waals surface area contributed by atoms with Gasteiger partial charge in [0, 0.05) is 17.8 Å². The first kappa shape index (κ1) is 21.2. The Morgan fingerprint density at radius 1 is 1.26 bits per heavy atom. The predicted molar refractivity (Wildman–Crippen MR) is 102 cm³/mol. The van der Waals surface area contributed by atoms with Gasteiger partial charge in [0.2, 0.25) is 5.91 Å². The summed E-state index contributed by atoms with van der Waals surface area (Å²) >= 11 is 2.68.